The molecule has 2 heterocycles. The Balaban J connectivity index is 1.59. The van der Waals surface area contributed by atoms with Gasteiger partial charge in [0.15, 0.2) is 0 Å². The second kappa shape index (κ2) is 7.69. The third-order valence-corrected chi connectivity index (χ3v) is 5.51. The maximum absolute atomic E-state index is 12.4. The molecule has 0 fully saturated rings. The summed E-state index contributed by atoms with van der Waals surface area (Å²) in [7, 11) is 0. The first-order valence-corrected chi connectivity index (χ1v) is 10.2. The number of benzene rings is 2. The lowest BCUT2D eigenvalue weighted by Gasteiger charge is -2.02. The SMILES string of the molecule is C/C(=N\Nc1nc(-c2cc3ccc(Br)cc3oc2=O)cs1)c1ccc(C)cc1. The van der Waals surface area contributed by atoms with Crippen molar-refractivity contribution in [3.8, 4) is 11.3 Å². The van der Waals surface area contributed by atoms with Crippen molar-refractivity contribution in [3.05, 3.63) is 79.9 Å². The van der Waals surface area contributed by atoms with E-state index in [1.807, 2.05) is 55.6 Å². The van der Waals surface area contributed by atoms with Crippen molar-refractivity contribution in [2.75, 3.05) is 5.43 Å². The van der Waals surface area contributed by atoms with Crippen LogP contribution in [0.15, 0.2) is 72.7 Å². The van der Waals surface area contributed by atoms with Gasteiger partial charge in [0.05, 0.1) is 17.0 Å². The van der Waals surface area contributed by atoms with Crippen LogP contribution in [0.25, 0.3) is 22.2 Å². The van der Waals surface area contributed by atoms with Crippen LogP contribution in [-0.2, 0) is 0 Å². The minimum Gasteiger partial charge on any atom is -0.422 e. The van der Waals surface area contributed by atoms with Crippen molar-refractivity contribution in [2.45, 2.75) is 13.8 Å². The van der Waals surface area contributed by atoms with E-state index in [2.05, 4.69) is 31.4 Å². The van der Waals surface area contributed by atoms with Crippen molar-refractivity contribution in [1.29, 1.82) is 0 Å². The van der Waals surface area contributed by atoms with E-state index in [1.165, 1.54) is 16.9 Å². The number of nitrogens with one attached hydrogen (secondary N) is 1. The number of fused-ring (bicyclic) bond motifs is 1. The highest BCUT2D eigenvalue weighted by Gasteiger charge is 2.12. The highest BCUT2D eigenvalue weighted by Crippen LogP contribution is 2.26. The number of rotatable bonds is 4. The lowest BCUT2D eigenvalue weighted by molar-refractivity contribution is 0.563. The van der Waals surface area contributed by atoms with Crippen LogP contribution in [0.4, 0.5) is 5.13 Å². The van der Waals surface area contributed by atoms with Crippen molar-refractivity contribution < 1.29 is 4.42 Å². The molecular formula is C21H16BrN3O2S. The molecule has 0 unspecified atom stereocenters. The fourth-order valence-electron chi connectivity index (χ4n) is 2.70. The summed E-state index contributed by atoms with van der Waals surface area (Å²) >= 11 is 4.76. The number of anilines is 1. The third kappa shape index (κ3) is 3.90. The van der Waals surface area contributed by atoms with Crippen LogP contribution in [0.1, 0.15) is 18.1 Å². The molecule has 7 heteroatoms. The molecule has 5 nitrogen and oxygen atoms in total. The van der Waals surface area contributed by atoms with Crippen molar-refractivity contribution >= 4 is 49.1 Å². The molecule has 0 saturated heterocycles. The topological polar surface area (TPSA) is 67.5 Å². The van der Waals surface area contributed by atoms with Gasteiger partial charge in [-0.05, 0) is 37.6 Å². The van der Waals surface area contributed by atoms with Gasteiger partial charge in [0.25, 0.3) is 0 Å². The van der Waals surface area contributed by atoms with Gasteiger partial charge >= 0.3 is 5.63 Å². The molecule has 0 atom stereocenters. The number of aromatic nitrogens is 1. The van der Waals surface area contributed by atoms with Crippen molar-refractivity contribution in [2.24, 2.45) is 5.10 Å². The van der Waals surface area contributed by atoms with E-state index in [4.69, 9.17) is 4.42 Å². The van der Waals surface area contributed by atoms with Crippen LogP contribution in [-0.4, -0.2) is 10.7 Å². The second-order valence-electron chi connectivity index (χ2n) is 6.34. The van der Waals surface area contributed by atoms with Gasteiger partial charge < -0.3 is 4.42 Å². The molecule has 0 bridgehead atoms. The van der Waals surface area contributed by atoms with E-state index in [9.17, 15) is 4.79 Å². The molecule has 0 aliphatic rings. The van der Waals surface area contributed by atoms with E-state index < -0.39 is 5.63 Å². The summed E-state index contributed by atoms with van der Waals surface area (Å²) in [5, 5.41) is 7.66. The van der Waals surface area contributed by atoms with Crippen LogP contribution >= 0.6 is 27.3 Å². The lowest BCUT2D eigenvalue weighted by Crippen LogP contribution is -2.03. The second-order valence-corrected chi connectivity index (χ2v) is 8.12. The smallest absolute Gasteiger partial charge is 0.345 e. The molecule has 0 saturated carbocycles. The molecule has 4 rings (SSSR count). The fraction of sp³-hybridized carbons (Fsp3) is 0.0952. The number of hydrogen-bond acceptors (Lipinski definition) is 6. The quantitative estimate of drug-likeness (QED) is 0.240. The van der Waals surface area contributed by atoms with Gasteiger partial charge in [-0.1, -0.05) is 51.8 Å². The Hall–Kier alpha value is -2.77. The molecule has 28 heavy (non-hydrogen) atoms. The van der Waals surface area contributed by atoms with Gasteiger partial charge in [-0.15, -0.1) is 11.3 Å². The van der Waals surface area contributed by atoms with Gasteiger partial charge in [-0.2, -0.15) is 5.10 Å². The summed E-state index contributed by atoms with van der Waals surface area (Å²) in [5.41, 5.74) is 7.18. The molecule has 4 aromatic rings. The standard InChI is InChI=1S/C21H16BrN3O2S/c1-12-3-5-14(6-4-12)13(2)24-25-21-23-18(11-28-21)17-9-15-7-8-16(22)10-19(15)27-20(17)26/h3-11H,1-2H3,(H,23,25)/b24-13+. The molecule has 0 aliphatic carbocycles. The van der Waals surface area contributed by atoms with Crippen molar-refractivity contribution in [3.63, 3.8) is 0 Å². The minimum atomic E-state index is -0.415. The normalized spacial score (nSPS) is 11.8. The summed E-state index contributed by atoms with van der Waals surface area (Å²) in [6.07, 6.45) is 0. The van der Waals surface area contributed by atoms with Crippen molar-refractivity contribution in [1.82, 2.24) is 4.98 Å². The number of nitrogens with zero attached hydrogens (tertiary/aromatic N) is 2. The Kier molecular flexibility index (Phi) is 5.11. The average molecular weight is 454 g/mol. The molecular weight excluding hydrogens is 438 g/mol. The molecule has 140 valence electrons. The van der Waals surface area contributed by atoms with Gasteiger partial charge in [-0.3, -0.25) is 5.43 Å². The zero-order chi connectivity index (χ0) is 19.7. The zero-order valence-electron chi connectivity index (χ0n) is 15.2. The zero-order valence-corrected chi connectivity index (χ0v) is 17.6. The van der Waals surface area contributed by atoms with Gasteiger partial charge in [-0.25, -0.2) is 9.78 Å². The maximum Gasteiger partial charge on any atom is 0.345 e. The van der Waals surface area contributed by atoms with E-state index in [0.717, 1.165) is 21.1 Å². The first kappa shape index (κ1) is 18.6. The largest absolute Gasteiger partial charge is 0.422 e. The third-order valence-electron chi connectivity index (χ3n) is 4.27. The Morgan fingerprint density at radius 2 is 1.96 bits per heavy atom. The van der Waals surface area contributed by atoms with Crippen LogP contribution in [0.2, 0.25) is 0 Å². The molecule has 0 spiro atoms. The average Bonchev–Trinajstić information content (AvgIpc) is 3.15. The Morgan fingerprint density at radius 3 is 2.75 bits per heavy atom. The molecule has 1 N–H and O–H groups in total. The van der Waals surface area contributed by atoms with Gasteiger partial charge in [0.2, 0.25) is 5.13 Å². The summed E-state index contributed by atoms with van der Waals surface area (Å²) in [4.78, 5) is 16.8. The highest BCUT2D eigenvalue weighted by atomic mass is 79.9. The molecule has 2 aromatic carbocycles. The van der Waals surface area contributed by atoms with E-state index in [-0.39, 0.29) is 0 Å². The molecule has 0 aliphatic heterocycles. The Morgan fingerprint density at radius 1 is 1.18 bits per heavy atom. The predicted molar refractivity (Wildman–Crippen MR) is 118 cm³/mol. The van der Waals surface area contributed by atoms with E-state index >= 15 is 0 Å². The fourth-order valence-corrected chi connectivity index (χ4v) is 3.70. The first-order chi connectivity index (χ1) is 13.5. The maximum atomic E-state index is 12.4. The molecule has 0 amide bonds. The lowest BCUT2D eigenvalue weighted by atomic mass is 10.1. The van der Waals surface area contributed by atoms with Crippen LogP contribution in [0.3, 0.4) is 0 Å². The number of halogens is 1. The minimum absolute atomic E-state index is 0.415. The Labute approximate surface area is 173 Å². The highest BCUT2D eigenvalue weighted by molar-refractivity contribution is 9.10. The monoisotopic (exact) mass is 453 g/mol. The summed E-state index contributed by atoms with van der Waals surface area (Å²) in [6.45, 7) is 3.98. The molecule has 0 radical (unpaired) electrons. The van der Waals surface area contributed by atoms with Crippen LogP contribution in [0.5, 0.6) is 0 Å². The van der Waals surface area contributed by atoms with Crippen LogP contribution < -0.4 is 11.1 Å². The van der Waals surface area contributed by atoms with Crippen LogP contribution in [0, 0.1) is 6.92 Å². The Bertz CT molecular complexity index is 1240. The van der Waals surface area contributed by atoms with Gasteiger partial charge in [0.1, 0.15) is 5.58 Å². The summed E-state index contributed by atoms with van der Waals surface area (Å²) in [5.74, 6) is 0. The van der Waals surface area contributed by atoms with E-state index in [1.54, 1.807) is 12.1 Å². The van der Waals surface area contributed by atoms with E-state index in [0.29, 0.717) is 22.0 Å². The summed E-state index contributed by atoms with van der Waals surface area (Å²) < 4.78 is 6.29. The predicted octanol–water partition coefficient (Wildman–Crippen LogP) is 5.82. The summed E-state index contributed by atoms with van der Waals surface area (Å²) in [6, 6.07) is 15.5. The first-order valence-electron chi connectivity index (χ1n) is 8.56. The number of thiazole rings is 1. The van der Waals surface area contributed by atoms with Gasteiger partial charge in [0, 0.05) is 15.2 Å². The number of hydrogen-bond donors (Lipinski definition) is 1. The number of hydrazone groups is 1. The number of aryl methyl sites for hydroxylation is 1. The molecule has 2 aromatic heterocycles.